The van der Waals surface area contributed by atoms with Crippen LogP contribution in [0.1, 0.15) is 31.7 Å². The highest BCUT2D eigenvalue weighted by Crippen LogP contribution is 2.21. The lowest BCUT2D eigenvalue weighted by Crippen LogP contribution is -2.31. The van der Waals surface area contributed by atoms with E-state index in [1.165, 1.54) is 31.2 Å². The Morgan fingerprint density at radius 1 is 1.07 bits per heavy atom. The van der Waals surface area contributed by atoms with E-state index < -0.39 is 33.9 Å². The molecule has 0 bridgehead atoms. The molecule has 0 heterocycles. The molecule has 2 aromatic carbocycles. The lowest BCUT2D eigenvalue weighted by Gasteiger charge is -2.18. The molecular formula is C19H22N2O5S. The van der Waals surface area contributed by atoms with Crippen LogP contribution in [0.5, 0.6) is 0 Å². The lowest BCUT2D eigenvalue weighted by molar-refractivity contribution is -0.154. The Morgan fingerprint density at radius 3 is 2.19 bits per heavy atom. The number of anilines is 1. The molecule has 0 spiro atoms. The SMILES string of the molecule is CC[C@H](C(=O)O[C@@H](C)C(=O)Nc1ccc(S(N)(=O)=O)cc1)c1ccccc1. The van der Waals surface area contributed by atoms with E-state index in [1.54, 1.807) is 0 Å². The van der Waals surface area contributed by atoms with Gasteiger partial charge in [-0.3, -0.25) is 9.59 Å². The summed E-state index contributed by atoms with van der Waals surface area (Å²) in [5, 5.41) is 7.60. The number of nitrogens with two attached hydrogens (primary N) is 1. The molecule has 0 radical (unpaired) electrons. The van der Waals surface area contributed by atoms with Crippen LogP contribution in [0.4, 0.5) is 5.69 Å². The van der Waals surface area contributed by atoms with Gasteiger partial charge in [0, 0.05) is 5.69 Å². The molecule has 1 amide bonds. The fourth-order valence-electron chi connectivity index (χ4n) is 2.51. The Morgan fingerprint density at radius 2 is 1.67 bits per heavy atom. The van der Waals surface area contributed by atoms with E-state index in [4.69, 9.17) is 9.88 Å². The van der Waals surface area contributed by atoms with Gasteiger partial charge in [-0.15, -0.1) is 0 Å². The van der Waals surface area contributed by atoms with Crippen LogP contribution < -0.4 is 10.5 Å². The van der Waals surface area contributed by atoms with Gasteiger partial charge in [-0.05, 0) is 43.2 Å². The zero-order valence-electron chi connectivity index (χ0n) is 15.1. The molecular weight excluding hydrogens is 368 g/mol. The normalized spacial score (nSPS) is 13.4. The van der Waals surface area contributed by atoms with Gasteiger partial charge in [0.1, 0.15) is 0 Å². The fourth-order valence-corrected chi connectivity index (χ4v) is 3.02. The topological polar surface area (TPSA) is 116 Å². The highest BCUT2D eigenvalue weighted by atomic mass is 32.2. The second-order valence-corrected chi connectivity index (χ2v) is 7.57. The van der Waals surface area contributed by atoms with Crippen molar-refractivity contribution in [3.63, 3.8) is 0 Å². The fraction of sp³-hybridized carbons (Fsp3) is 0.263. The molecule has 2 atom stereocenters. The van der Waals surface area contributed by atoms with Gasteiger partial charge in [-0.2, -0.15) is 0 Å². The maximum atomic E-state index is 12.4. The largest absolute Gasteiger partial charge is 0.452 e. The highest BCUT2D eigenvalue weighted by molar-refractivity contribution is 7.89. The van der Waals surface area contributed by atoms with E-state index in [2.05, 4.69) is 5.32 Å². The molecule has 0 aromatic heterocycles. The van der Waals surface area contributed by atoms with Crippen molar-refractivity contribution in [3.8, 4) is 0 Å². The van der Waals surface area contributed by atoms with Gasteiger partial charge in [-0.25, -0.2) is 13.6 Å². The number of ether oxygens (including phenoxy) is 1. The van der Waals surface area contributed by atoms with Crippen LogP contribution in [-0.4, -0.2) is 26.4 Å². The minimum Gasteiger partial charge on any atom is -0.452 e. The number of carbonyl (C=O) groups is 2. The number of benzene rings is 2. The summed E-state index contributed by atoms with van der Waals surface area (Å²) in [6.07, 6.45) is -0.458. The number of nitrogens with one attached hydrogen (secondary N) is 1. The molecule has 7 nitrogen and oxygen atoms in total. The highest BCUT2D eigenvalue weighted by Gasteiger charge is 2.25. The second-order valence-electron chi connectivity index (χ2n) is 6.01. The average molecular weight is 390 g/mol. The summed E-state index contributed by atoms with van der Waals surface area (Å²) in [6, 6.07) is 14.6. The average Bonchev–Trinajstić information content (AvgIpc) is 2.63. The standard InChI is InChI=1S/C19H22N2O5S/c1-3-17(14-7-5-4-6-8-14)19(23)26-13(2)18(22)21-15-9-11-16(12-10-15)27(20,24)25/h4-13,17H,3H2,1-2H3,(H,21,22)(H2,20,24,25)/t13-,17-/m0/s1. The molecule has 0 saturated heterocycles. The van der Waals surface area contributed by atoms with Gasteiger partial charge in [0.15, 0.2) is 6.10 Å². The third-order valence-corrected chi connectivity index (χ3v) is 4.94. The minimum absolute atomic E-state index is 0.0615. The molecule has 0 aliphatic heterocycles. The van der Waals surface area contributed by atoms with Gasteiger partial charge in [0.25, 0.3) is 5.91 Å². The minimum atomic E-state index is -3.80. The molecule has 2 rings (SSSR count). The van der Waals surface area contributed by atoms with E-state index in [9.17, 15) is 18.0 Å². The van der Waals surface area contributed by atoms with Crippen molar-refractivity contribution in [2.45, 2.75) is 37.2 Å². The third-order valence-electron chi connectivity index (χ3n) is 4.01. The van der Waals surface area contributed by atoms with Crippen LogP contribution in [0.15, 0.2) is 59.5 Å². The van der Waals surface area contributed by atoms with Crippen molar-refractivity contribution in [1.82, 2.24) is 0 Å². The Kier molecular flexibility index (Phi) is 6.70. The molecule has 8 heteroatoms. The Hall–Kier alpha value is -2.71. The molecule has 0 fully saturated rings. The van der Waals surface area contributed by atoms with Gasteiger partial charge in [0.2, 0.25) is 10.0 Å². The van der Waals surface area contributed by atoms with Gasteiger partial charge >= 0.3 is 5.97 Å². The molecule has 0 aliphatic rings. The van der Waals surface area contributed by atoms with Crippen LogP contribution in [-0.2, 0) is 24.3 Å². The number of hydrogen-bond acceptors (Lipinski definition) is 5. The first-order valence-corrected chi connectivity index (χ1v) is 9.96. The van der Waals surface area contributed by atoms with E-state index in [0.717, 1.165) is 5.56 Å². The van der Waals surface area contributed by atoms with E-state index in [-0.39, 0.29) is 4.90 Å². The Balaban J connectivity index is 1.99. The monoisotopic (exact) mass is 390 g/mol. The lowest BCUT2D eigenvalue weighted by atomic mass is 9.97. The van der Waals surface area contributed by atoms with Crippen LogP contribution in [0, 0.1) is 0 Å². The van der Waals surface area contributed by atoms with Crippen LogP contribution in [0.2, 0.25) is 0 Å². The Bertz CT molecular complexity index is 895. The van der Waals surface area contributed by atoms with Crippen LogP contribution in [0.3, 0.4) is 0 Å². The van der Waals surface area contributed by atoms with Crippen LogP contribution in [0.25, 0.3) is 0 Å². The maximum absolute atomic E-state index is 12.4. The summed E-state index contributed by atoms with van der Waals surface area (Å²) in [4.78, 5) is 24.6. The zero-order valence-corrected chi connectivity index (χ0v) is 15.9. The number of rotatable bonds is 7. The first-order chi connectivity index (χ1) is 12.7. The number of carbonyl (C=O) groups excluding carboxylic acids is 2. The molecule has 0 unspecified atom stereocenters. The summed E-state index contributed by atoms with van der Waals surface area (Å²) in [6.45, 7) is 3.35. The number of amides is 1. The predicted octanol–water partition coefficient (Wildman–Crippen LogP) is 2.40. The number of esters is 1. The van der Waals surface area contributed by atoms with Crippen molar-refractivity contribution in [1.29, 1.82) is 0 Å². The summed E-state index contributed by atoms with van der Waals surface area (Å²) in [7, 11) is -3.80. The van der Waals surface area contributed by atoms with Gasteiger partial charge in [0.05, 0.1) is 10.8 Å². The summed E-state index contributed by atoms with van der Waals surface area (Å²) in [5.41, 5.74) is 1.20. The molecule has 3 N–H and O–H groups in total. The molecule has 0 saturated carbocycles. The zero-order chi connectivity index (χ0) is 20.0. The summed E-state index contributed by atoms with van der Waals surface area (Å²) < 4.78 is 27.8. The molecule has 0 aliphatic carbocycles. The first-order valence-electron chi connectivity index (χ1n) is 8.41. The smallest absolute Gasteiger partial charge is 0.314 e. The summed E-state index contributed by atoms with van der Waals surface area (Å²) >= 11 is 0. The van der Waals surface area contributed by atoms with Gasteiger partial charge < -0.3 is 10.1 Å². The van der Waals surface area contributed by atoms with Crippen molar-refractivity contribution in [3.05, 3.63) is 60.2 Å². The molecule has 2 aromatic rings. The molecule has 27 heavy (non-hydrogen) atoms. The van der Waals surface area contributed by atoms with Crippen LogP contribution >= 0.6 is 0 Å². The van der Waals surface area contributed by atoms with Crippen molar-refractivity contribution in [2.24, 2.45) is 5.14 Å². The van der Waals surface area contributed by atoms with Crippen molar-refractivity contribution < 1.29 is 22.7 Å². The third kappa shape index (κ3) is 5.63. The van der Waals surface area contributed by atoms with E-state index in [1.807, 2.05) is 37.3 Å². The van der Waals surface area contributed by atoms with Gasteiger partial charge in [-0.1, -0.05) is 37.3 Å². The Labute approximate surface area is 158 Å². The number of sulfonamides is 1. The number of hydrogen-bond donors (Lipinski definition) is 2. The van der Waals surface area contributed by atoms with Crippen molar-refractivity contribution >= 4 is 27.6 Å². The first kappa shape index (κ1) is 20.6. The quantitative estimate of drug-likeness (QED) is 0.704. The number of primary sulfonamides is 1. The maximum Gasteiger partial charge on any atom is 0.314 e. The van der Waals surface area contributed by atoms with E-state index >= 15 is 0 Å². The molecule has 144 valence electrons. The van der Waals surface area contributed by atoms with Crippen molar-refractivity contribution in [2.75, 3.05) is 5.32 Å². The summed E-state index contributed by atoms with van der Waals surface area (Å²) in [5.74, 6) is -1.44. The predicted molar refractivity (Wildman–Crippen MR) is 101 cm³/mol. The van der Waals surface area contributed by atoms with E-state index in [0.29, 0.717) is 12.1 Å². The second kappa shape index (κ2) is 8.79.